The molecule has 0 radical (unpaired) electrons. The fraction of sp³-hybridized carbons (Fsp3) is 0.375. The molecule has 1 aliphatic carbocycles. The van der Waals surface area contributed by atoms with Crippen molar-refractivity contribution in [1.29, 1.82) is 0 Å². The Morgan fingerprint density at radius 3 is 2.38 bits per heavy atom. The number of halogens is 4. The number of carbonyl (C=O) groups is 3. The van der Waals surface area contributed by atoms with E-state index in [4.69, 9.17) is 0 Å². The molecule has 13 heteroatoms. The predicted octanol–water partition coefficient (Wildman–Crippen LogP) is 5.61. The molecule has 3 atom stereocenters. The van der Waals surface area contributed by atoms with Gasteiger partial charge in [-0.25, -0.2) is 15.0 Å². The first-order chi connectivity index (χ1) is 21.2. The van der Waals surface area contributed by atoms with Gasteiger partial charge in [0.1, 0.15) is 29.9 Å². The minimum absolute atomic E-state index is 0.0376. The average Bonchev–Trinajstić information content (AvgIpc) is 3.40. The maximum atomic E-state index is 14.2. The Kier molecular flexibility index (Phi) is 7.24. The van der Waals surface area contributed by atoms with Gasteiger partial charge in [-0.15, -0.1) is 0 Å². The number of hydrogen-bond acceptors (Lipinski definition) is 6. The summed E-state index contributed by atoms with van der Waals surface area (Å²) in [6.07, 6.45) is 0.691. The van der Waals surface area contributed by atoms with Gasteiger partial charge < -0.3 is 14.8 Å². The van der Waals surface area contributed by atoms with Crippen molar-refractivity contribution in [2.45, 2.75) is 65.3 Å². The van der Waals surface area contributed by atoms with Crippen molar-refractivity contribution < 1.29 is 31.9 Å². The molecular weight excluding hydrogens is 592 g/mol. The van der Waals surface area contributed by atoms with E-state index in [0.29, 0.717) is 34.3 Å². The third-order valence-corrected chi connectivity index (χ3v) is 8.87. The van der Waals surface area contributed by atoms with Gasteiger partial charge in [-0.1, -0.05) is 6.07 Å². The van der Waals surface area contributed by atoms with E-state index >= 15 is 0 Å². The van der Waals surface area contributed by atoms with Gasteiger partial charge in [0.05, 0.1) is 12.2 Å². The number of ketones is 1. The molecule has 2 aliphatic rings. The average molecular weight is 623 g/mol. The zero-order valence-corrected chi connectivity index (χ0v) is 25.0. The molecule has 1 aromatic carbocycles. The van der Waals surface area contributed by atoms with Crippen LogP contribution in [0, 0.1) is 26.2 Å². The van der Waals surface area contributed by atoms with Gasteiger partial charge in [-0.3, -0.25) is 18.8 Å². The maximum absolute atomic E-state index is 14.2. The van der Waals surface area contributed by atoms with E-state index in [1.165, 1.54) is 24.8 Å². The highest BCUT2D eigenvalue weighted by atomic mass is 19.4. The predicted molar refractivity (Wildman–Crippen MR) is 157 cm³/mol. The highest BCUT2D eigenvalue weighted by Crippen LogP contribution is 2.60. The second-order valence-corrected chi connectivity index (χ2v) is 12.0. The largest absolute Gasteiger partial charge is 0.433 e. The summed E-state index contributed by atoms with van der Waals surface area (Å²) in [4.78, 5) is 53.5. The number of benzene rings is 1. The number of alkyl halides is 4. The number of aromatic nitrogens is 4. The lowest BCUT2D eigenvalue weighted by Gasteiger charge is -2.27. The number of likely N-dealkylation sites (tertiary alicyclic amines) is 1. The van der Waals surface area contributed by atoms with Crippen LogP contribution in [0.15, 0.2) is 42.9 Å². The van der Waals surface area contributed by atoms with Crippen LogP contribution >= 0.6 is 0 Å². The van der Waals surface area contributed by atoms with Crippen molar-refractivity contribution in [3.63, 3.8) is 0 Å². The van der Waals surface area contributed by atoms with Crippen molar-refractivity contribution in [2.24, 2.45) is 5.41 Å². The van der Waals surface area contributed by atoms with Crippen molar-refractivity contribution in [3.05, 3.63) is 71.1 Å². The number of fused-ring (bicyclic) bond motifs is 2. The minimum Gasteiger partial charge on any atom is -0.337 e. The van der Waals surface area contributed by atoms with Crippen molar-refractivity contribution in [2.75, 3.05) is 12.0 Å². The van der Waals surface area contributed by atoms with Crippen molar-refractivity contribution in [3.8, 4) is 11.1 Å². The molecule has 0 unspecified atom stereocenters. The van der Waals surface area contributed by atoms with Gasteiger partial charge in [0, 0.05) is 46.6 Å². The van der Waals surface area contributed by atoms with Gasteiger partial charge in [0.2, 0.25) is 11.8 Å². The molecule has 1 N–H and O–H groups in total. The van der Waals surface area contributed by atoms with Crippen molar-refractivity contribution >= 4 is 34.3 Å². The molecule has 9 nitrogen and oxygen atoms in total. The summed E-state index contributed by atoms with van der Waals surface area (Å²) in [5.74, 6) is -1.06. The van der Waals surface area contributed by atoms with E-state index in [-0.39, 0.29) is 24.6 Å². The van der Waals surface area contributed by atoms with E-state index in [9.17, 15) is 31.9 Å². The quantitative estimate of drug-likeness (QED) is 0.212. The molecule has 2 amide bonds. The Morgan fingerprint density at radius 2 is 1.73 bits per heavy atom. The highest BCUT2D eigenvalue weighted by molar-refractivity contribution is 6.09. The SMILES string of the molecule is CC(=O)c1cn(CC(=O)N2[C@H](C(=O)Nc3nc(C(F)(F)F)ccc3C)C[C@@]3(CF)C[C@@H]23)c2c(C)cc(-c3cnc(C)nc3)cc12. The molecule has 3 aromatic heterocycles. The number of hydrogen-bond donors (Lipinski definition) is 1. The second kappa shape index (κ2) is 10.7. The van der Waals surface area contributed by atoms with Crippen molar-refractivity contribution in [1.82, 2.24) is 24.4 Å². The monoisotopic (exact) mass is 622 g/mol. The lowest BCUT2D eigenvalue weighted by molar-refractivity contribution is -0.141. The van der Waals surface area contributed by atoms with E-state index in [0.717, 1.165) is 22.8 Å². The Balaban J connectivity index is 1.32. The van der Waals surface area contributed by atoms with E-state index < -0.39 is 47.9 Å². The van der Waals surface area contributed by atoms with Gasteiger partial charge in [-0.05, 0) is 75.4 Å². The molecule has 0 bridgehead atoms. The number of piperidine rings is 1. The van der Waals surface area contributed by atoms with Crippen LogP contribution in [0.2, 0.25) is 0 Å². The number of rotatable bonds is 7. The number of aryl methyl sites for hydroxylation is 3. The van der Waals surface area contributed by atoms with Gasteiger partial charge in [-0.2, -0.15) is 13.2 Å². The first kappa shape index (κ1) is 30.4. The van der Waals surface area contributed by atoms with Crippen LogP contribution in [-0.2, 0) is 22.3 Å². The molecule has 4 heterocycles. The van der Waals surface area contributed by atoms with Gasteiger partial charge in [0.25, 0.3) is 0 Å². The molecule has 4 aromatic rings. The summed E-state index contributed by atoms with van der Waals surface area (Å²) in [6, 6.07) is 4.15. The summed E-state index contributed by atoms with van der Waals surface area (Å²) in [5.41, 5.74) is 1.67. The van der Waals surface area contributed by atoms with Gasteiger partial charge in [0.15, 0.2) is 5.78 Å². The fourth-order valence-electron chi connectivity index (χ4n) is 6.41. The number of anilines is 1. The van der Waals surface area contributed by atoms with E-state index in [2.05, 4.69) is 20.3 Å². The Labute approximate surface area is 255 Å². The van der Waals surface area contributed by atoms with Crippen LogP contribution in [-0.4, -0.2) is 60.8 Å². The topological polar surface area (TPSA) is 110 Å². The maximum Gasteiger partial charge on any atom is 0.433 e. The molecule has 1 saturated carbocycles. The molecule has 0 spiro atoms. The Morgan fingerprint density at radius 1 is 1.02 bits per heavy atom. The fourth-order valence-corrected chi connectivity index (χ4v) is 6.41. The third kappa shape index (κ3) is 5.33. The molecule has 6 rings (SSSR count). The second-order valence-electron chi connectivity index (χ2n) is 12.0. The van der Waals surface area contributed by atoms with Gasteiger partial charge >= 0.3 is 6.18 Å². The first-order valence-electron chi connectivity index (χ1n) is 14.4. The zero-order chi connectivity index (χ0) is 32.4. The summed E-state index contributed by atoms with van der Waals surface area (Å²) in [5, 5.41) is 3.09. The van der Waals surface area contributed by atoms with Crippen LogP contribution in [0.1, 0.15) is 52.8 Å². The number of nitrogens with one attached hydrogen (secondary N) is 1. The Hall–Kier alpha value is -4.68. The zero-order valence-electron chi connectivity index (χ0n) is 25.0. The first-order valence-corrected chi connectivity index (χ1v) is 14.4. The normalized spacial score (nSPS) is 20.8. The van der Waals surface area contributed by atoms with Crippen LogP contribution in [0.4, 0.5) is 23.4 Å². The Bertz CT molecular complexity index is 1870. The van der Waals surface area contributed by atoms with Crippen LogP contribution in [0.5, 0.6) is 0 Å². The highest BCUT2D eigenvalue weighted by Gasteiger charge is 2.67. The number of carbonyl (C=O) groups excluding carboxylic acids is 3. The molecule has 45 heavy (non-hydrogen) atoms. The molecular formula is C32H30F4N6O3. The number of amides is 2. The molecule has 234 valence electrons. The molecule has 1 aliphatic heterocycles. The van der Waals surface area contributed by atoms with E-state index in [1.54, 1.807) is 30.1 Å². The number of Topliss-reactive ketones (excluding diaryl/α,β-unsaturated/α-hetero) is 1. The lowest BCUT2D eigenvalue weighted by Crippen LogP contribution is -2.46. The lowest BCUT2D eigenvalue weighted by atomic mass is 10.0. The minimum atomic E-state index is -4.71. The molecule has 2 fully saturated rings. The summed E-state index contributed by atoms with van der Waals surface area (Å²) in [7, 11) is 0. The summed E-state index contributed by atoms with van der Waals surface area (Å²) < 4.78 is 55.7. The number of pyridine rings is 1. The third-order valence-electron chi connectivity index (χ3n) is 8.87. The van der Waals surface area contributed by atoms with Crippen LogP contribution < -0.4 is 5.32 Å². The number of nitrogens with zero attached hydrogens (tertiary/aromatic N) is 5. The molecule has 1 saturated heterocycles. The summed E-state index contributed by atoms with van der Waals surface area (Å²) in [6.45, 7) is 5.60. The smallest absolute Gasteiger partial charge is 0.337 e. The summed E-state index contributed by atoms with van der Waals surface area (Å²) >= 11 is 0. The standard InChI is InChI=1S/C32H30F4N6O3/c1-16-5-6-25(32(34,35)36)39-29(16)40-30(45)24-9-31(15-33)10-26(31)42(24)27(44)14-41-13-23(18(3)43)22-8-20(7-17(2)28(22)41)21-11-37-19(4)38-12-21/h5-8,11-13,24,26H,9-10,14-15H2,1-4H3,(H,39,40,45)/t24-,26+,31-/m0/s1. The van der Waals surface area contributed by atoms with Crippen LogP contribution in [0.3, 0.4) is 0 Å². The van der Waals surface area contributed by atoms with Crippen LogP contribution in [0.25, 0.3) is 22.0 Å². The van der Waals surface area contributed by atoms with E-state index in [1.807, 2.05) is 19.1 Å².